The molecule has 0 radical (unpaired) electrons. The van der Waals surface area contributed by atoms with E-state index >= 15 is 0 Å². The summed E-state index contributed by atoms with van der Waals surface area (Å²) in [6.07, 6.45) is 0.105. The van der Waals surface area contributed by atoms with Crippen LogP contribution in [0.5, 0.6) is 0 Å². The predicted octanol–water partition coefficient (Wildman–Crippen LogP) is 7.29. The molecule has 1 atom stereocenters. The molecule has 1 amide bonds. The normalized spacial score (nSPS) is 15.2. The second-order valence-electron chi connectivity index (χ2n) is 9.14. The topological polar surface area (TPSA) is 32.3 Å². The van der Waals surface area contributed by atoms with Crippen LogP contribution in [0.3, 0.4) is 0 Å². The Morgan fingerprint density at radius 2 is 1.60 bits per heavy atom. The van der Waals surface area contributed by atoms with Crippen LogP contribution in [0.15, 0.2) is 42.5 Å². The summed E-state index contributed by atoms with van der Waals surface area (Å²) in [5, 5.41) is 2.98. The molecule has 1 aliphatic rings. The van der Waals surface area contributed by atoms with Crippen molar-refractivity contribution in [1.82, 2.24) is 0 Å². The fraction of sp³-hybridized carbons (Fsp3) is 0.519. The molecule has 0 bridgehead atoms. The first-order valence-electron chi connectivity index (χ1n) is 12.3. The van der Waals surface area contributed by atoms with Gasteiger partial charge in [0.25, 0.3) is 0 Å². The Morgan fingerprint density at radius 3 is 2.26 bits per heavy atom. The fourth-order valence-electron chi connectivity index (χ4n) is 4.33. The summed E-state index contributed by atoms with van der Waals surface area (Å²) in [5.74, 6) is -0.156. The number of piperidine rings is 1. The smallest absolute Gasteiger partial charge is 0.370 e. The van der Waals surface area contributed by atoms with Crippen LogP contribution in [-0.4, -0.2) is 31.8 Å². The number of hydrogen-bond acceptors (Lipinski definition) is 2. The Hall–Kier alpha value is -2.64. The molecule has 1 unspecified atom stereocenters. The SMILES string of the molecule is O=C(CCCCC(F)CF)Nc1ccc(CCc2ccc(C(F)(F)F)cc2)cc1N1CCCCC1. The highest BCUT2D eigenvalue weighted by atomic mass is 19.4. The zero-order chi connectivity index (χ0) is 25.3. The first-order chi connectivity index (χ1) is 16.8. The van der Waals surface area contributed by atoms with Crippen LogP contribution in [-0.2, 0) is 23.8 Å². The van der Waals surface area contributed by atoms with Gasteiger partial charge in [-0.25, -0.2) is 8.78 Å². The Labute approximate surface area is 203 Å². The van der Waals surface area contributed by atoms with Crippen LogP contribution >= 0.6 is 0 Å². The lowest BCUT2D eigenvalue weighted by Gasteiger charge is -2.31. The van der Waals surface area contributed by atoms with Gasteiger partial charge < -0.3 is 10.2 Å². The quantitative estimate of drug-likeness (QED) is 0.262. The van der Waals surface area contributed by atoms with E-state index in [1.165, 1.54) is 18.6 Å². The summed E-state index contributed by atoms with van der Waals surface area (Å²) < 4.78 is 63.6. The number of aryl methyl sites for hydroxylation is 2. The molecule has 0 aliphatic carbocycles. The standard InChI is InChI=1S/C27H33F5N2O/c28-19-23(29)6-2-3-7-26(35)33-24-15-12-21(18-25(24)34-16-4-1-5-17-34)9-8-20-10-13-22(14-11-20)27(30,31)32/h10-15,18,23H,1-9,16-17,19H2,(H,33,35). The van der Waals surface area contributed by atoms with Crippen molar-refractivity contribution in [3.63, 3.8) is 0 Å². The maximum atomic E-state index is 13.0. The van der Waals surface area contributed by atoms with Crippen molar-refractivity contribution in [3.8, 4) is 0 Å². The van der Waals surface area contributed by atoms with Crippen molar-refractivity contribution in [2.75, 3.05) is 30.0 Å². The van der Waals surface area contributed by atoms with E-state index in [2.05, 4.69) is 16.3 Å². The van der Waals surface area contributed by atoms with Gasteiger partial charge >= 0.3 is 6.18 Å². The Bertz CT molecular complexity index is 940. The van der Waals surface area contributed by atoms with E-state index in [9.17, 15) is 26.7 Å². The van der Waals surface area contributed by atoms with Gasteiger partial charge in [-0.2, -0.15) is 13.2 Å². The number of rotatable bonds is 11. The van der Waals surface area contributed by atoms with Gasteiger partial charge in [0.15, 0.2) is 0 Å². The molecule has 0 spiro atoms. The minimum Gasteiger partial charge on any atom is -0.370 e. The fourth-order valence-corrected chi connectivity index (χ4v) is 4.33. The summed E-state index contributed by atoms with van der Waals surface area (Å²) in [7, 11) is 0. The summed E-state index contributed by atoms with van der Waals surface area (Å²) >= 11 is 0. The molecule has 1 fully saturated rings. The number of amides is 1. The van der Waals surface area contributed by atoms with Crippen LogP contribution in [0.25, 0.3) is 0 Å². The van der Waals surface area contributed by atoms with Crippen molar-refractivity contribution in [3.05, 3.63) is 59.2 Å². The lowest BCUT2D eigenvalue weighted by atomic mass is 10.0. The largest absolute Gasteiger partial charge is 0.416 e. The first kappa shape index (κ1) is 27.0. The van der Waals surface area contributed by atoms with Crippen molar-refractivity contribution in [2.24, 2.45) is 0 Å². The van der Waals surface area contributed by atoms with Crippen molar-refractivity contribution >= 4 is 17.3 Å². The number of nitrogens with one attached hydrogen (secondary N) is 1. The van der Waals surface area contributed by atoms with Gasteiger partial charge in [0.2, 0.25) is 5.91 Å². The van der Waals surface area contributed by atoms with Crippen molar-refractivity contribution in [2.45, 2.75) is 70.1 Å². The molecule has 1 saturated heterocycles. The molecule has 2 aromatic carbocycles. The second-order valence-corrected chi connectivity index (χ2v) is 9.14. The number of benzene rings is 2. The van der Waals surface area contributed by atoms with E-state index in [0.29, 0.717) is 25.7 Å². The molecule has 3 rings (SSSR count). The van der Waals surface area contributed by atoms with Crippen molar-refractivity contribution < 1.29 is 26.7 Å². The maximum Gasteiger partial charge on any atom is 0.416 e. The summed E-state index contributed by atoms with van der Waals surface area (Å²) in [6, 6.07) is 11.1. The van der Waals surface area contributed by atoms with Crippen LogP contribution in [0.4, 0.5) is 33.3 Å². The number of nitrogens with zero attached hydrogens (tertiary/aromatic N) is 1. The van der Waals surface area contributed by atoms with Crippen LogP contribution in [0.1, 0.15) is 61.6 Å². The number of unbranched alkanes of at least 4 members (excludes halogenated alkanes) is 1. The molecule has 1 N–H and O–H groups in total. The highest BCUT2D eigenvalue weighted by Crippen LogP contribution is 2.32. The minimum atomic E-state index is -4.34. The molecule has 35 heavy (non-hydrogen) atoms. The molecule has 3 nitrogen and oxygen atoms in total. The number of anilines is 2. The predicted molar refractivity (Wildman–Crippen MR) is 129 cm³/mol. The average Bonchev–Trinajstić information content (AvgIpc) is 2.86. The Balaban J connectivity index is 1.64. The highest BCUT2D eigenvalue weighted by molar-refractivity contribution is 5.94. The van der Waals surface area contributed by atoms with E-state index in [1.54, 1.807) is 0 Å². The zero-order valence-electron chi connectivity index (χ0n) is 19.8. The number of halogens is 5. The third kappa shape index (κ3) is 8.51. The third-order valence-electron chi connectivity index (χ3n) is 6.36. The zero-order valence-corrected chi connectivity index (χ0v) is 19.8. The molecule has 0 saturated carbocycles. The van der Waals surface area contributed by atoms with Crippen LogP contribution in [0.2, 0.25) is 0 Å². The monoisotopic (exact) mass is 496 g/mol. The van der Waals surface area contributed by atoms with E-state index in [4.69, 9.17) is 0 Å². The average molecular weight is 497 g/mol. The summed E-state index contributed by atoms with van der Waals surface area (Å²) in [4.78, 5) is 14.7. The lowest BCUT2D eigenvalue weighted by molar-refractivity contribution is -0.137. The molecule has 2 aromatic rings. The number of alkyl halides is 5. The molecular formula is C27H33F5N2O. The number of hydrogen-bond donors (Lipinski definition) is 1. The maximum absolute atomic E-state index is 13.0. The van der Waals surface area contributed by atoms with Crippen molar-refractivity contribution in [1.29, 1.82) is 0 Å². The molecule has 1 heterocycles. The van der Waals surface area contributed by atoms with Gasteiger partial charge in [-0.15, -0.1) is 0 Å². The minimum absolute atomic E-state index is 0.121. The highest BCUT2D eigenvalue weighted by Gasteiger charge is 2.29. The summed E-state index contributed by atoms with van der Waals surface area (Å²) in [5.41, 5.74) is 2.90. The van der Waals surface area contributed by atoms with Crippen LogP contribution < -0.4 is 10.2 Å². The molecule has 192 valence electrons. The van der Waals surface area contributed by atoms with Gasteiger partial charge in [0.05, 0.1) is 16.9 Å². The molecule has 0 aromatic heterocycles. The molecule has 1 aliphatic heterocycles. The van der Waals surface area contributed by atoms with Gasteiger partial charge in [-0.05, 0) is 86.8 Å². The summed E-state index contributed by atoms with van der Waals surface area (Å²) in [6.45, 7) is 0.801. The third-order valence-corrected chi connectivity index (χ3v) is 6.36. The van der Waals surface area contributed by atoms with E-state index in [0.717, 1.165) is 60.6 Å². The Morgan fingerprint density at radius 1 is 0.943 bits per heavy atom. The number of carbonyl (C=O) groups is 1. The van der Waals surface area contributed by atoms with Gasteiger partial charge in [-0.1, -0.05) is 18.2 Å². The lowest BCUT2D eigenvalue weighted by Crippen LogP contribution is -2.30. The van der Waals surface area contributed by atoms with Crippen LogP contribution in [0, 0.1) is 0 Å². The molecule has 8 heteroatoms. The van der Waals surface area contributed by atoms with E-state index in [-0.39, 0.29) is 18.7 Å². The molecular weight excluding hydrogens is 463 g/mol. The number of carbonyl (C=O) groups excluding carboxylic acids is 1. The van der Waals surface area contributed by atoms with E-state index < -0.39 is 24.6 Å². The first-order valence-corrected chi connectivity index (χ1v) is 12.3. The van der Waals surface area contributed by atoms with E-state index in [1.807, 2.05) is 12.1 Å². The Kier molecular flexibility index (Phi) is 9.93. The van der Waals surface area contributed by atoms with Gasteiger partial charge in [0.1, 0.15) is 12.8 Å². The second kappa shape index (κ2) is 12.9. The van der Waals surface area contributed by atoms with Gasteiger partial charge in [0, 0.05) is 19.5 Å². The van der Waals surface area contributed by atoms with Gasteiger partial charge in [-0.3, -0.25) is 4.79 Å².